The van der Waals surface area contributed by atoms with E-state index in [4.69, 9.17) is 4.74 Å². The Bertz CT molecular complexity index is 304. The first kappa shape index (κ1) is 10.2. The highest BCUT2D eigenvalue weighted by Crippen LogP contribution is 2.11. The molecule has 1 atom stereocenters. The molecule has 0 radical (unpaired) electrons. The molecule has 15 heavy (non-hydrogen) atoms. The van der Waals surface area contributed by atoms with Crippen molar-refractivity contribution in [1.29, 1.82) is 0 Å². The van der Waals surface area contributed by atoms with Crippen LogP contribution in [-0.2, 0) is 16.1 Å². The summed E-state index contributed by atoms with van der Waals surface area (Å²) < 4.78 is 7.20. The molecule has 1 aromatic rings. The first-order chi connectivity index (χ1) is 7.36. The molecule has 1 aromatic heterocycles. The standard InChI is InChI=1S/C10H15N3O2/c14-10(9-2-1-7-15-9)12-4-6-13-5-3-11-8-13/h3,5,8-9H,1-2,4,6-7H2,(H,12,14). The number of aromatic nitrogens is 2. The number of nitrogens with zero attached hydrogens (tertiary/aromatic N) is 2. The van der Waals surface area contributed by atoms with Crippen molar-refractivity contribution >= 4 is 5.91 Å². The lowest BCUT2D eigenvalue weighted by Gasteiger charge is -2.10. The van der Waals surface area contributed by atoms with Gasteiger partial charge in [0.05, 0.1) is 6.33 Å². The van der Waals surface area contributed by atoms with E-state index >= 15 is 0 Å². The molecule has 5 nitrogen and oxygen atoms in total. The van der Waals surface area contributed by atoms with E-state index in [1.807, 2.05) is 10.8 Å². The van der Waals surface area contributed by atoms with E-state index < -0.39 is 0 Å². The summed E-state index contributed by atoms with van der Waals surface area (Å²) in [4.78, 5) is 15.4. The van der Waals surface area contributed by atoms with Gasteiger partial charge in [0.1, 0.15) is 6.10 Å². The fourth-order valence-corrected chi connectivity index (χ4v) is 1.63. The third kappa shape index (κ3) is 2.79. The van der Waals surface area contributed by atoms with Crippen LogP contribution in [0.15, 0.2) is 18.7 Å². The molecule has 1 N–H and O–H groups in total. The van der Waals surface area contributed by atoms with Crippen molar-refractivity contribution in [1.82, 2.24) is 14.9 Å². The van der Waals surface area contributed by atoms with Crippen LogP contribution in [0.5, 0.6) is 0 Å². The van der Waals surface area contributed by atoms with Crippen LogP contribution in [0.25, 0.3) is 0 Å². The lowest BCUT2D eigenvalue weighted by Crippen LogP contribution is -2.35. The van der Waals surface area contributed by atoms with Crippen LogP contribution < -0.4 is 5.32 Å². The lowest BCUT2D eigenvalue weighted by molar-refractivity contribution is -0.130. The third-order valence-electron chi connectivity index (χ3n) is 2.45. The maximum Gasteiger partial charge on any atom is 0.249 e. The normalized spacial score (nSPS) is 20.4. The first-order valence-corrected chi connectivity index (χ1v) is 5.21. The van der Waals surface area contributed by atoms with Gasteiger partial charge in [-0.05, 0) is 12.8 Å². The van der Waals surface area contributed by atoms with Crippen LogP contribution in [-0.4, -0.2) is 34.7 Å². The fraction of sp³-hybridized carbons (Fsp3) is 0.600. The van der Waals surface area contributed by atoms with Crippen molar-refractivity contribution in [2.45, 2.75) is 25.5 Å². The number of ether oxygens (including phenoxy) is 1. The first-order valence-electron chi connectivity index (χ1n) is 5.21. The van der Waals surface area contributed by atoms with Gasteiger partial charge in [-0.25, -0.2) is 4.98 Å². The SMILES string of the molecule is O=C(NCCn1ccnc1)C1CCCO1. The Morgan fingerprint density at radius 2 is 2.60 bits per heavy atom. The zero-order valence-corrected chi connectivity index (χ0v) is 8.56. The maximum atomic E-state index is 11.5. The second-order valence-corrected chi connectivity index (χ2v) is 3.59. The molecule has 1 unspecified atom stereocenters. The molecule has 0 spiro atoms. The summed E-state index contributed by atoms with van der Waals surface area (Å²) in [6.07, 6.45) is 6.93. The second kappa shape index (κ2) is 4.93. The van der Waals surface area contributed by atoms with Gasteiger partial charge in [0.15, 0.2) is 0 Å². The molecule has 0 aromatic carbocycles. The van der Waals surface area contributed by atoms with Gasteiger partial charge in [0.2, 0.25) is 5.91 Å². The Labute approximate surface area is 88.4 Å². The molecule has 1 fully saturated rings. The second-order valence-electron chi connectivity index (χ2n) is 3.59. The molecule has 1 amide bonds. The lowest BCUT2D eigenvalue weighted by atomic mass is 10.2. The summed E-state index contributed by atoms with van der Waals surface area (Å²) in [5, 5.41) is 2.85. The zero-order valence-electron chi connectivity index (χ0n) is 8.56. The highest BCUT2D eigenvalue weighted by molar-refractivity contribution is 5.80. The van der Waals surface area contributed by atoms with Crippen LogP contribution in [0.1, 0.15) is 12.8 Å². The number of nitrogens with one attached hydrogen (secondary N) is 1. The Morgan fingerprint density at radius 3 is 3.27 bits per heavy atom. The largest absolute Gasteiger partial charge is 0.368 e. The van der Waals surface area contributed by atoms with Crippen molar-refractivity contribution in [2.24, 2.45) is 0 Å². The van der Waals surface area contributed by atoms with Gasteiger partial charge in [-0.1, -0.05) is 0 Å². The minimum absolute atomic E-state index is 0.00705. The van der Waals surface area contributed by atoms with E-state index in [1.165, 1.54) is 0 Å². The molecular weight excluding hydrogens is 194 g/mol. The van der Waals surface area contributed by atoms with E-state index in [1.54, 1.807) is 12.5 Å². The van der Waals surface area contributed by atoms with Crippen molar-refractivity contribution in [3.63, 3.8) is 0 Å². The average molecular weight is 209 g/mol. The van der Waals surface area contributed by atoms with Gasteiger partial charge < -0.3 is 14.6 Å². The monoisotopic (exact) mass is 209 g/mol. The summed E-state index contributed by atoms with van der Waals surface area (Å²) in [5.41, 5.74) is 0. The third-order valence-corrected chi connectivity index (χ3v) is 2.45. The highest BCUT2D eigenvalue weighted by atomic mass is 16.5. The summed E-state index contributed by atoms with van der Waals surface area (Å²) in [6.45, 7) is 2.08. The number of rotatable bonds is 4. The summed E-state index contributed by atoms with van der Waals surface area (Å²) in [7, 11) is 0. The van der Waals surface area contributed by atoms with Gasteiger partial charge in [0.25, 0.3) is 0 Å². The number of imidazole rings is 1. The average Bonchev–Trinajstić information content (AvgIpc) is 2.90. The Morgan fingerprint density at radius 1 is 1.67 bits per heavy atom. The van der Waals surface area contributed by atoms with Crippen molar-refractivity contribution < 1.29 is 9.53 Å². The number of hydrogen-bond donors (Lipinski definition) is 1. The van der Waals surface area contributed by atoms with Crippen molar-refractivity contribution in [3.05, 3.63) is 18.7 Å². The number of hydrogen-bond acceptors (Lipinski definition) is 3. The number of amides is 1. The van der Waals surface area contributed by atoms with E-state index in [0.29, 0.717) is 13.2 Å². The molecule has 82 valence electrons. The Kier molecular flexibility index (Phi) is 3.34. The van der Waals surface area contributed by atoms with Crippen LogP contribution in [0, 0.1) is 0 Å². The summed E-state index contributed by atoms with van der Waals surface area (Å²) in [6, 6.07) is 0. The van der Waals surface area contributed by atoms with Crippen LogP contribution in [0.2, 0.25) is 0 Å². The van der Waals surface area contributed by atoms with Crippen molar-refractivity contribution in [3.8, 4) is 0 Å². The molecule has 0 bridgehead atoms. The summed E-state index contributed by atoms with van der Waals surface area (Å²) >= 11 is 0. The van der Waals surface area contributed by atoms with E-state index in [9.17, 15) is 4.79 Å². The van der Waals surface area contributed by atoms with Crippen LogP contribution >= 0.6 is 0 Å². The van der Waals surface area contributed by atoms with Gasteiger partial charge in [0, 0.05) is 32.1 Å². The molecule has 0 aliphatic carbocycles. The van der Waals surface area contributed by atoms with Crippen molar-refractivity contribution in [2.75, 3.05) is 13.2 Å². The minimum Gasteiger partial charge on any atom is -0.368 e. The van der Waals surface area contributed by atoms with E-state index in [0.717, 1.165) is 19.4 Å². The molecule has 5 heteroatoms. The maximum absolute atomic E-state index is 11.5. The topological polar surface area (TPSA) is 56.2 Å². The minimum atomic E-state index is -0.229. The van der Waals surface area contributed by atoms with Gasteiger partial charge >= 0.3 is 0 Å². The molecule has 1 aliphatic rings. The molecule has 1 saturated heterocycles. The van der Waals surface area contributed by atoms with Crippen LogP contribution in [0.4, 0.5) is 0 Å². The predicted octanol–water partition coefficient (Wildman–Crippen LogP) is 0.178. The molecular formula is C10H15N3O2. The predicted molar refractivity (Wildman–Crippen MR) is 54.2 cm³/mol. The Hall–Kier alpha value is -1.36. The fourth-order valence-electron chi connectivity index (χ4n) is 1.63. The van der Waals surface area contributed by atoms with Gasteiger partial charge in [-0.15, -0.1) is 0 Å². The molecule has 2 heterocycles. The molecule has 2 rings (SSSR count). The Balaban J connectivity index is 1.67. The van der Waals surface area contributed by atoms with E-state index in [2.05, 4.69) is 10.3 Å². The molecule has 1 aliphatic heterocycles. The summed E-state index contributed by atoms with van der Waals surface area (Å²) in [5.74, 6) is 0.00705. The smallest absolute Gasteiger partial charge is 0.249 e. The van der Waals surface area contributed by atoms with Crippen LogP contribution in [0.3, 0.4) is 0 Å². The van der Waals surface area contributed by atoms with Gasteiger partial charge in [-0.2, -0.15) is 0 Å². The van der Waals surface area contributed by atoms with Gasteiger partial charge in [-0.3, -0.25) is 4.79 Å². The molecule has 0 saturated carbocycles. The highest BCUT2D eigenvalue weighted by Gasteiger charge is 2.22. The quantitative estimate of drug-likeness (QED) is 0.769. The number of carbonyl (C=O) groups excluding carboxylic acids is 1. The van der Waals surface area contributed by atoms with E-state index in [-0.39, 0.29) is 12.0 Å². The number of carbonyl (C=O) groups is 1. The zero-order chi connectivity index (χ0) is 10.5.